The number of hydrogen-bond donors (Lipinski definition) is 2. The van der Waals surface area contributed by atoms with Gasteiger partial charge < -0.3 is 10.00 Å². The van der Waals surface area contributed by atoms with Gasteiger partial charge in [-0.3, -0.25) is 9.09 Å². The molecule has 4 nitrogen and oxygen atoms in total. The molecule has 2 unspecified atom stereocenters. The van der Waals surface area contributed by atoms with E-state index in [0.717, 1.165) is 0 Å². The summed E-state index contributed by atoms with van der Waals surface area (Å²) in [6, 6.07) is 0. The Morgan fingerprint density at radius 1 is 1.75 bits per heavy atom. The van der Waals surface area contributed by atoms with E-state index in [9.17, 15) is 4.57 Å². The fraction of sp³-hybridized carbons (Fsp3) is 1.00. The maximum Gasteiger partial charge on any atom is 0.318 e. The first-order valence-electron chi connectivity index (χ1n) is 1.70. The van der Waals surface area contributed by atoms with Crippen LogP contribution in [0.3, 0.4) is 0 Å². The van der Waals surface area contributed by atoms with Crippen molar-refractivity contribution in [3.05, 3.63) is 0 Å². The van der Waals surface area contributed by atoms with Gasteiger partial charge in [0.05, 0.1) is 0 Å². The predicted octanol–water partition coefficient (Wildman–Crippen LogP) is -0.279. The summed E-state index contributed by atoms with van der Waals surface area (Å²) in [5.41, 5.74) is 0. The van der Waals surface area contributed by atoms with Crippen LogP contribution in [0.2, 0.25) is 0 Å². The van der Waals surface area contributed by atoms with Crippen molar-refractivity contribution in [2.24, 2.45) is 0 Å². The number of hydrogen-bond acceptors (Lipinski definition) is 3. The second-order valence-corrected chi connectivity index (χ2v) is 1.75. The molecule has 2 N–H and O–H groups in total. The maximum atomic E-state index is 9.61. The Bertz CT molecular complexity index is 74.4. The molecule has 0 spiro atoms. The van der Waals surface area contributed by atoms with Crippen LogP contribution in [0.15, 0.2) is 0 Å². The van der Waals surface area contributed by atoms with Gasteiger partial charge in [-0.05, 0) is 6.92 Å². The van der Waals surface area contributed by atoms with Crippen LogP contribution in [0.1, 0.15) is 6.92 Å². The maximum absolute atomic E-state index is 9.61. The summed E-state index contributed by atoms with van der Waals surface area (Å²) in [4.78, 5) is 7.89. The molecule has 0 radical (unpaired) electrons. The number of rotatable bonds is 2. The molecule has 0 aromatic heterocycles. The smallest absolute Gasteiger partial charge is 0.318 e. The molecule has 0 aliphatic rings. The first kappa shape index (κ1) is 11.7. The second-order valence-electron chi connectivity index (χ2n) is 0.983. The van der Waals surface area contributed by atoms with Crippen molar-refractivity contribution in [2.45, 2.75) is 13.2 Å². The molecule has 0 aromatic rings. The van der Waals surface area contributed by atoms with Crippen molar-refractivity contribution in [2.75, 3.05) is 0 Å². The zero-order valence-corrected chi connectivity index (χ0v) is 7.75. The third kappa shape index (κ3) is 10.1. The Morgan fingerprint density at radius 3 is 2.12 bits per heavy atom. The van der Waals surface area contributed by atoms with Crippen molar-refractivity contribution in [1.29, 1.82) is 0 Å². The van der Waals surface area contributed by atoms with Crippen LogP contribution in [0.5, 0.6) is 0 Å². The van der Waals surface area contributed by atoms with Crippen molar-refractivity contribution in [1.82, 2.24) is 0 Å². The number of aliphatic hydroxyl groups excluding tert-OH is 1. The summed E-state index contributed by atoms with van der Waals surface area (Å²) in [5, 5.41) is 8.17. The molecule has 0 aromatic carbocycles. The molecule has 0 saturated carbocycles. The van der Waals surface area contributed by atoms with E-state index >= 15 is 0 Å². The van der Waals surface area contributed by atoms with Crippen LogP contribution in [0.4, 0.5) is 0 Å². The average molecular weight is 217 g/mol. The van der Waals surface area contributed by atoms with Crippen LogP contribution < -0.4 is 0 Å². The zero-order valence-electron chi connectivity index (χ0n) is 4.29. The van der Waals surface area contributed by atoms with Crippen LogP contribution >= 0.6 is 8.25 Å². The van der Waals surface area contributed by atoms with Gasteiger partial charge in [-0.15, -0.1) is 0 Å². The molecule has 0 aliphatic carbocycles. The van der Waals surface area contributed by atoms with E-state index in [-0.39, 0.29) is 26.2 Å². The van der Waals surface area contributed by atoms with Crippen molar-refractivity contribution in [3.63, 3.8) is 0 Å². The molecule has 0 saturated heterocycles. The Morgan fingerprint density at radius 2 is 2.12 bits per heavy atom. The van der Waals surface area contributed by atoms with Crippen LogP contribution in [0, 0.1) is 0 Å². The normalized spacial score (nSPS) is 16.4. The fourth-order valence-corrected chi connectivity index (χ4v) is 0.438. The molecule has 0 rings (SSSR count). The summed E-state index contributed by atoms with van der Waals surface area (Å²) in [7, 11) is -2.93. The molecule has 0 heterocycles. The minimum atomic E-state index is -2.93. The van der Waals surface area contributed by atoms with Crippen molar-refractivity contribution >= 4 is 8.25 Å². The van der Waals surface area contributed by atoms with Gasteiger partial charge >= 0.3 is 8.25 Å². The van der Waals surface area contributed by atoms with E-state index in [1.807, 2.05) is 0 Å². The molecule has 48 valence electrons. The summed E-state index contributed by atoms with van der Waals surface area (Å²) in [6.07, 6.45) is -1.14. The minimum Gasteiger partial charge on any atom is -0.368 e. The molecule has 0 fully saturated rings. The summed E-state index contributed by atoms with van der Waals surface area (Å²) >= 11 is 0. The van der Waals surface area contributed by atoms with Gasteiger partial charge in [0.1, 0.15) is 0 Å². The monoisotopic (exact) mass is 216 g/mol. The third-order valence-electron chi connectivity index (χ3n) is 0.271. The van der Waals surface area contributed by atoms with E-state index in [2.05, 4.69) is 4.52 Å². The second kappa shape index (κ2) is 6.12. The SMILES string of the molecule is CC(O)O[PH](=O)O.[Zr]. The Labute approximate surface area is 66.9 Å². The Kier molecular flexibility index (Phi) is 8.99. The van der Waals surface area contributed by atoms with Crippen LogP contribution in [-0.4, -0.2) is 16.3 Å². The van der Waals surface area contributed by atoms with Crippen molar-refractivity contribution in [3.8, 4) is 0 Å². The minimum absolute atomic E-state index is 0. The fourth-order valence-electron chi connectivity index (χ4n) is 0.146. The summed E-state index contributed by atoms with van der Waals surface area (Å²) < 4.78 is 13.5. The van der Waals surface area contributed by atoms with Crippen molar-refractivity contribution < 1.29 is 45.3 Å². The standard InChI is InChI=1S/C2H7O4P.Zr/c1-2(3)6-7(4)5;/h2-3,7H,1H3,(H,4,5);. The van der Waals surface area contributed by atoms with E-state index in [1.54, 1.807) is 0 Å². The van der Waals surface area contributed by atoms with Gasteiger partial charge in [-0.25, -0.2) is 0 Å². The molecule has 0 bridgehead atoms. The molecule has 8 heavy (non-hydrogen) atoms. The van der Waals surface area contributed by atoms with Gasteiger partial charge in [-0.2, -0.15) is 0 Å². The van der Waals surface area contributed by atoms with E-state index in [0.29, 0.717) is 0 Å². The first-order valence-corrected chi connectivity index (χ1v) is 2.97. The Hall–Kier alpha value is 0.993. The number of aliphatic hydroxyl groups is 1. The molecule has 6 heteroatoms. The predicted molar refractivity (Wildman–Crippen MR) is 24.0 cm³/mol. The van der Waals surface area contributed by atoms with Gasteiger partial charge in [0, 0.05) is 26.2 Å². The first-order chi connectivity index (χ1) is 3.13. The average Bonchev–Trinajstić information content (AvgIpc) is 1.27. The molecular weight excluding hydrogens is 210 g/mol. The van der Waals surface area contributed by atoms with E-state index in [1.165, 1.54) is 6.92 Å². The summed E-state index contributed by atoms with van der Waals surface area (Å²) in [5.74, 6) is 0. The van der Waals surface area contributed by atoms with Crippen LogP contribution in [-0.2, 0) is 35.3 Å². The topological polar surface area (TPSA) is 66.8 Å². The van der Waals surface area contributed by atoms with E-state index in [4.69, 9.17) is 10.00 Å². The third-order valence-corrected chi connectivity index (χ3v) is 0.814. The van der Waals surface area contributed by atoms with Gasteiger partial charge in [0.15, 0.2) is 6.29 Å². The molecule has 2 atom stereocenters. The quantitative estimate of drug-likeness (QED) is 0.493. The molecule has 0 amide bonds. The zero-order chi connectivity index (χ0) is 5.86. The van der Waals surface area contributed by atoms with Gasteiger partial charge in [0.2, 0.25) is 0 Å². The largest absolute Gasteiger partial charge is 0.368 e. The molecular formula is C2H7O4PZr. The summed E-state index contributed by atoms with van der Waals surface area (Å²) in [6.45, 7) is 1.26. The van der Waals surface area contributed by atoms with Gasteiger partial charge in [0.25, 0.3) is 0 Å². The van der Waals surface area contributed by atoms with E-state index < -0.39 is 14.5 Å². The van der Waals surface area contributed by atoms with Gasteiger partial charge in [-0.1, -0.05) is 0 Å². The Balaban J connectivity index is 0. The molecule has 0 aliphatic heterocycles. The van der Waals surface area contributed by atoms with Crippen LogP contribution in [0.25, 0.3) is 0 Å².